The molecule has 72 valence electrons. The minimum Gasteiger partial charge on any atom is -0.394 e. The van der Waals surface area contributed by atoms with Crippen molar-refractivity contribution in [1.82, 2.24) is 0 Å². The van der Waals surface area contributed by atoms with Gasteiger partial charge in [0.2, 0.25) is 0 Å². The highest BCUT2D eigenvalue weighted by Crippen LogP contribution is 2.25. The van der Waals surface area contributed by atoms with Crippen molar-refractivity contribution in [3.8, 4) is 0 Å². The summed E-state index contributed by atoms with van der Waals surface area (Å²) >= 11 is 3.81. The minimum absolute atomic E-state index is 0.519. The largest absolute Gasteiger partial charge is 0.394 e. The molecule has 1 heterocycles. The number of hydrogen-bond acceptors (Lipinski definition) is 6. The van der Waals surface area contributed by atoms with Gasteiger partial charge in [0.25, 0.3) is 0 Å². The number of aliphatic hydroxyl groups excluding tert-OH is 4. The zero-order chi connectivity index (χ0) is 9.30. The first-order valence-corrected chi connectivity index (χ1v) is 4.08. The van der Waals surface area contributed by atoms with Crippen LogP contribution in [0, 0.1) is 0 Å². The summed E-state index contributed by atoms with van der Waals surface area (Å²) in [6.07, 6.45) is -4.48. The molecule has 0 aliphatic carbocycles. The van der Waals surface area contributed by atoms with Crippen molar-refractivity contribution < 1.29 is 25.2 Å². The maximum Gasteiger partial charge on any atom is 0.129 e. The molecular formula is C6H12O5S. The Kier molecular flexibility index (Phi) is 3.33. The van der Waals surface area contributed by atoms with Crippen LogP contribution in [0.4, 0.5) is 0 Å². The average molecular weight is 196 g/mol. The third-order valence-electron chi connectivity index (χ3n) is 1.84. The van der Waals surface area contributed by atoms with Crippen molar-refractivity contribution in [1.29, 1.82) is 0 Å². The summed E-state index contributed by atoms with van der Waals surface area (Å²) in [5, 5.41) is 36.0. The second kappa shape index (κ2) is 3.91. The van der Waals surface area contributed by atoms with Crippen molar-refractivity contribution in [2.45, 2.75) is 29.9 Å². The molecule has 0 aromatic heterocycles. The molecule has 1 fully saturated rings. The Balaban J connectivity index is 2.58. The molecule has 1 unspecified atom stereocenters. The van der Waals surface area contributed by atoms with Gasteiger partial charge >= 0.3 is 0 Å². The Morgan fingerprint density at radius 2 is 1.92 bits per heavy atom. The molecular weight excluding hydrogens is 184 g/mol. The highest BCUT2D eigenvalue weighted by atomic mass is 32.1. The minimum atomic E-state index is -1.20. The molecule has 5 atom stereocenters. The van der Waals surface area contributed by atoms with Gasteiger partial charge in [-0.2, -0.15) is 0 Å². The number of thiol groups is 1. The molecule has 1 rings (SSSR count). The summed E-state index contributed by atoms with van der Waals surface area (Å²) in [6, 6.07) is 0. The Morgan fingerprint density at radius 1 is 1.33 bits per heavy atom. The quantitative estimate of drug-likeness (QED) is 0.321. The lowest BCUT2D eigenvalue weighted by Gasteiger charge is -2.18. The first kappa shape index (κ1) is 10.2. The maximum absolute atomic E-state index is 9.23. The maximum atomic E-state index is 9.23. The molecule has 0 bridgehead atoms. The summed E-state index contributed by atoms with van der Waals surface area (Å²) in [5.41, 5.74) is -0.814. The third kappa shape index (κ3) is 1.73. The van der Waals surface area contributed by atoms with E-state index in [1.807, 2.05) is 0 Å². The van der Waals surface area contributed by atoms with Gasteiger partial charge in [0.05, 0.1) is 6.61 Å². The average Bonchev–Trinajstić information content (AvgIpc) is 2.32. The van der Waals surface area contributed by atoms with E-state index in [0.29, 0.717) is 0 Å². The zero-order valence-corrected chi connectivity index (χ0v) is 7.13. The molecule has 0 radical (unpaired) electrons. The molecule has 0 saturated carbocycles. The zero-order valence-electron chi connectivity index (χ0n) is 6.24. The lowest BCUT2D eigenvalue weighted by atomic mass is 10.1. The summed E-state index contributed by atoms with van der Waals surface area (Å²) in [4.78, 5) is 0. The number of aliphatic hydroxyl groups is 4. The SMILES string of the molecule is OC[C@@H](O)[C@H]1OC(S)[C@H](O)[C@H]1O. The lowest BCUT2D eigenvalue weighted by molar-refractivity contribution is -0.0711. The van der Waals surface area contributed by atoms with E-state index in [-0.39, 0.29) is 0 Å². The molecule has 4 N–H and O–H groups in total. The van der Waals surface area contributed by atoms with Gasteiger partial charge in [0, 0.05) is 0 Å². The van der Waals surface area contributed by atoms with Crippen molar-refractivity contribution in [3.63, 3.8) is 0 Å². The molecule has 1 aliphatic rings. The highest BCUT2D eigenvalue weighted by molar-refractivity contribution is 7.80. The summed E-state index contributed by atoms with van der Waals surface area (Å²) < 4.78 is 4.89. The van der Waals surface area contributed by atoms with E-state index in [9.17, 15) is 5.11 Å². The monoisotopic (exact) mass is 196 g/mol. The van der Waals surface area contributed by atoms with E-state index in [1.165, 1.54) is 0 Å². The van der Waals surface area contributed by atoms with Crippen LogP contribution in [0.1, 0.15) is 0 Å². The van der Waals surface area contributed by atoms with E-state index >= 15 is 0 Å². The fraction of sp³-hybridized carbons (Fsp3) is 1.00. The van der Waals surface area contributed by atoms with Crippen molar-refractivity contribution in [2.24, 2.45) is 0 Å². The predicted octanol–water partition coefficient (Wildman–Crippen LogP) is -2.28. The van der Waals surface area contributed by atoms with Crippen molar-refractivity contribution >= 4 is 12.6 Å². The number of rotatable bonds is 2. The molecule has 1 saturated heterocycles. The van der Waals surface area contributed by atoms with Gasteiger partial charge in [-0.05, 0) is 0 Å². The molecule has 0 spiro atoms. The van der Waals surface area contributed by atoms with E-state index in [0.717, 1.165) is 0 Å². The topological polar surface area (TPSA) is 90.2 Å². The number of ether oxygens (including phenoxy) is 1. The summed E-state index contributed by atoms with van der Waals surface area (Å²) in [5.74, 6) is 0. The van der Waals surface area contributed by atoms with Gasteiger partial charge in [0.15, 0.2) is 0 Å². The van der Waals surface area contributed by atoms with Crippen LogP contribution in [0.2, 0.25) is 0 Å². The fourth-order valence-electron chi connectivity index (χ4n) is 1.11. The van der Waals surface area contributed by atoms with Crippen LogP contribution in [0.5, 0.6) is 0 Å². The van der Waals surface area contributed by atoms with Crippen molar-refractivity contribution in [3.05, 3.63) is 0 Å². The number of hydrogen-bond donors (Lipinski definition) is 5. The Bertz CT molecular complexity index is 155. The molecule has 5 nitrogen and oxygen atoms in total. The van der Waals surface area contributed by atoms with Gasteiger partial charge in [-0.25, -0.2) is 0 Å². The second-order valence-electron chi connectivity index (χ2n) is 2.72. The van der Waals surface area contributed by atoms with E-state index in [1.54, 1.807) is 0 Å². The van der Waals surface area contributed by atoms with Crippen LogP contribution in [0.25, 0.3) is 0 Å². The normalized spacial score (nSPS) is 44.8. The first-order chi connectivity index (χ1) is 5.57. The summed E-state index contributed by atoms with van der Waals surface area (Å²) in [7, 11) is 0. The van der Waals surface area contributed by atoms with Crippen molar-refractivity contribution in [2.75, 3.05) is 6.61 Å². The van der Waals surface area contributed by atoms with E-state index in [4.69, 9.17) is 20.1 Å². The summed E-state index contributed by atoms with van der Waals surface area (Å²) in [6.45, 7) is -0.519. The lowest BCUT2D eigenvalue weighted by Crippen LogP contribution is -2.40. The van der Waals surface area contributed by atoms with Gasteiger partial charge in [-0.3, -0.25) is 0 Å². The molecule has 0 aromatic carbocycles. The Morgan fingerprint density at radius 3 is 2.25 bits per heavy atom. The van der Waals surface area contributed by atoms with Crippen LogP contribution in [0.3, 0.4) is 0 Å². The molecule has 6 heteroatoms. The third-order valence-corrected chi connectivity index (χ3v) is 2.27. The van der Waals surface area contributed by atoms with Gasteiger partial charge in [-0.15, -0.1) is 12.6 Å². The van der Waals surface area contributed by atoms with Crippen LogP contribution >= 0.6 is 12.6 Å². The predicted molar refractivity (Wildman–Crippen MR) is 42.8 cm³/mol. The molecule has 1 aliphatic heterocycles. The van der Waals surface area contributed by atoms with Crippen LogP contribution < -0.4 is 0 Å². The first-order valence-electron chi connectivity index (χ1n) is 3.56. The van der Waals surface area contributed by atoms with Gasteiger partial charge in [0.1, 0.15) is 29.9 Å². The van der Waals surface area contributed by atoms with E-state index in [2.05, 4.69) is 12.6 Å². The molecule has 0 amide bonds. The van der Waals surface area contributed by atoms with Crippen LogP contribution in [0.15, 0.2) is 0 Å². The molecule has 12 heavy (non-hydrogen) atoms. The van der Waals surface area contributed by atoms with E-state index < -0.39 is 36.5 Å². The van der Waals surface area contributed by atoms with Gasteiger partial charge < -0.3 is 25.2 Å². The molecule has 0 aromatic rings. The Hall–Kier alpha value is 0.150. The standard InChI is InChI=1S/C6H12O5S/c7-1-2(8)5-3(9)4(10)6(12)11-5/h2-10,12H,1H2/t2-,3-,4-,5-,6?/m1/s1. The van der Waals surface area contributed by atoms with Gasteiger partial charge in [-0.1, -0.05) is 0 Å². The second-order valence-corrected chi connectivity index (χ2v) is 3.23. The fourth-order valence-corrected chi connectivity index (χ4v) is 1.42. The smallest absolute Gasteiger partial charge is 0.129 e. The highest BCUT2D eigenvalue weighted by Gasteiger charge is 2.44. The Labute approximate surface area is 75.0 Å². The van der Waals surface area contributed by atoms with Crippen LogP contribution in [-0.2, 0) is 4.74 Å². The van der Waals surface area contributed by atoms with Crippen LogP contribution in [-0.4, -0.2) is 56.9 Å².